The van der Waals surface area contributed by atoms with Crippen LogP contribution in [0.1, 0.15) is 30.9 Å². The van der Waals surface area contributed by atoms with Crippen molar-refractivity contribution in [3.63, 3.8) is 0 Å². The fourth-order valence-corrected chi connectivity index (χ4v) is 3.78. The highest BCUT2D eigenvalue weighted by atomic mass is 19.1. The van der Waals surface area contributed by atoms with Crippen LogP contribution in [0.15, 0.2) is 12.1 Å². The maximum absolute atomic E-state index is 13.7. The molecule has 26 heavy (non-hydrogen) atoms. The van der Waals surface area contributed by atoms with E-state index in [0.29, 0.717) is 43.9 Å². The number of benzene rings is 1. The van der Waals surface area contributed by atoms with E-state index in [0.717, 1.165) is 18.9 Å². The molecule has 0 aromatic heterocycles. The van der Waals surface area contributed by atoms with Crippen LogP contribution >= 0.6 is 0 Å². The monoisotopic (exact) mass is 365 g/mol. The minimum atomic E-state index is -0.599. The smallest absolute Gasteiger partial charge is 0.275 e. The molecule has 2 fully saturated rings. The Labute approximate surface area is 151 Å². The summed E-state index contributed by atoms with van der Waals surface area (Å²) in [5.41, 5.74) is 0.907. The number of amides is 1. The van der Waals surface area contributed by atoms with Crippen LogP contribution in [0.3, 0.4) is 0 Å². The number of nitro groups is 1. The van der Waals surface area contributed by atoms with Crippen molar-refractivity contribution in [2.24, 2.45) is 0 Å². The van der Waals surface area contributed by atoms with Gasteiger partial charge in [0.1, 0.15) is 11.9 Å². The highest BCUT2D eigenvalue weighted by Crippen LogP contribution is 2.26. The molecule has 1 aromatic rings. The van der Waals surface area contributed by atoms with Crippen LogP contribution in [0.5, 0.6) is 0 Å². The molecule has 0 saturated carbocycles. The Balaban J connectivity index is 1.66. The number of rotatable bonds is 4. The van der Waals surface area contributed by atoms with E-state index < -0.39 is 10.7 Å². The minimum Gasteiger partial charge on any atom is -0.368 e. The lowest BCUT2D eigenvalue weighted by atomic mass is 10.0. The van der Waals surface area contributed by atoms with Crippen LogP contribution in [-0.2, 0) is 16.1 Å². The highest BCUT2D eigenvalue weighted by Gasteiger charge is 2.34. The van der Waals surface area contributed by atoms with Gasteiger partial charge in [0.05, 0.1) is 11.0 Å². The van der Waals surface area contributed by atoms with Gasteiger partial charge in [0.15, 0.2) is 0 Å². The van der Waals surface area contributed by atoms with Crippen molar-refractivity contribution >= 4 is 11.6 Å². The number of carbonyl (C=O) groups excluding carboxylic acids is 1. The van der Waals surface area contributed by atoms with Gasteiger partial charge < -0.3 is 9.64 Å². The predicted molar refractivity (Wildman–Crippen MR) is 93.2 cm³/mol. The van der Waals surface area contributed by atoms with Gasteiger partial charge in [-0.05, 0) is 38.3 Å². The van der Waals surface area contributed by atoms with Crippen molar-refractivity contribution < 1.29 is 18.8 Å². The van der Waals surface area contributed by atoms with E-state index in [2.05, 4.69) is 4.90 Å². The van der Waals surface area contributed by atoms with Crippen LogP contribution in [0, 0.1) is 22.9 Å². The van der Waals surface area contributed by atoms with Crippen molar-refractivity contribution in [3.8, 4) is 0 Å². The zero-order valence-electron chi connectivity index (χ0n) is 15.1. The van der Waals surface area contributed by atoms with Gasteiger partial charge in [0, 0.05) is 44.4 Å². The Kier molecular flexibility index (Phi) is 5.52. The summed E-state index contributed by atoms with van der Waals surface area (Å²) in [6.45, 7) is 6.57. The Morgan fingerprint density at radius 1 is 1.42 bits per heavy atom. The Morgan fingerprint density at radius 3 is 2.81 bits per heavy atom. The first kappa shape index (κ1) is 18.7. The third kappa shape index (κ3) is 3.86. The molecule has 3 rings (SSSR count). The summed E-state index contributed by atoms with van der Waals surface area (Å²) in [5, 5.41) is 11.1. The number of piperazine rings is 1. The van der Waals surface area contributed by atoms with E-state index in [9.17, 15) is 19.3 Å². The fourth-order valence-electron chi connectivity index (χ4n) is 3.78. The number of hydrogen-bond donors (Lipinski definition) is 0. The van der Waals surface area contributed by atoms with Crippen molar-refractivity contribution in [2.75, 3.05) is 26.2 Å². The van der Waals surface area contributed by atoms with Gasteiger partial charge in [0.25, 0.3) is 11.6 Å². The number of halogens is 1. The first-order valence-electron chi connectivity index (χ1n) is 8.94. The van der Waals surface area contributed by atoms with Crippen molar-refractivity contribution in [2.45, 2.75) is 45.4 Å². The van der Waals surface area contributed by atoms with E-state index in [1.807, 2.05) is 11.8 Å². The maximum atomic E-state index is 13.7. The molecule has 142 valence electrons. The summed E-state index contributed by atoms with van der Waals surface area (Å²) >= 11 is 0. The molecule has 8 heteroatoms. The van der Waals surface area contributed by atoms with Crippen LogP contribution in [0.25, 0.3) is 0 Å². The second-order valence-electron chi connectivity index (χ2n) is 7.08. The van der Waals surface area contributed by atoms with Crippen molar-refractivity contribution in [3.05, 3.63) is 39.2 Å². The largest absolute Gasteiger partial charge is 0.368 e. The molecule has 0 radical (unpaired) electrons. The number of nitrogens with zero attached hydrogens (tertiary/aromatic N) is 3. The zero-order chi connectivity index (χ0) is 18.8. The fraction of sp³-hybridized carbons (Fsp3) is 0.611. The first-order valence-corrected chi connectivity index (χ1v) is 8.94. The van der Waals surface area contributed by atoms with Gasteiger partial charge in [-0.15, -0.1) is 0 Å². The molecular formula is C18H24FN3O4. The first-order chi connectivity index (χ1) is 12.4. The zero-order valence-corrected chi connectivity index (χ0v) is 15.1. The van der Waals surface area contributed by atoms with E-state index in [-0.39, 0.29) is 23.7 Å². The number of ether oxygens (including phenoxy) is 1. The van der Waals surface area contributed by atoms with E-state index in [1.165, 1.54) is 6.07 Å². The van der Waals surface area contributed by atoms with Crippen LogP contribution < -0.4 is 0 Å². The minimum absolute atomic E-state index is 0.0179. The van der Waals surface area contributed by atoms with Gasteiger partial charge in [-0.3, -0.25) is 19.8 Å². The van der Waals surface area contributed by atoms with Crippen LogP contribution in [0.4, 0.5) is 10.1 Å². The van der Waals surface area contributed by atoms with Gasteiger partial charge in [-0.1, -0.05) is 0 Å². The average molecular weight is 365 g/mol. The summed E-state index contributed by atoms with van der Waals surface area (Å²) < 4.78 is 19.2. The quantitative estimate of drug-likeness (QED) is 0.604. The van der Waals surface area contributed by atoms with Crippen molar-refractivity contribution in [1.82, 2.24) is 9.80 Å². The topological polar surface area (TPSA) is 75.9 Å². The molecule has 2 heterocycles. The van der Waals surface area contributed by atoms with Crippen LogP contribution in [0.2, 0.25) is 0 Å². The molecule has 0 spiro atoms. The molecule has 0 N–H and O–H groups in total. The molecule has 2 unspecified atom stereocenters. The molecule has 2 aliphatic heterocycles. The van der Waals surface area contributed by atoms with Gasteiger partial charge >= 0.3 is 0 Å². The van der Waals surface area contributed by atoms with Crippen LogP contribution in [-0.4, -0.2) is 59.0 Å². The van der Waals surface area contributed by atoms with Gasteiger partial charge in [-0.2, -0.15) is 0 Å². The molecule has 7 nitrogen and oxygen atoms in total. The molecule has 0 aliphatic carbocycles. The molecule has 0 bridgehead atoms. The maximum Gasteiger partial charge on any atom is 0.275 e. The Hall–Kier alpha value is -2.06. The molecule has 1 amide bonds. The number of hydrogen-bond acceptors (Lipinski definition) is 5. The number of nitro benzene ring substituents is 1. The van der Waals surface area contributed by atoms with Crippen molar-refractivity contribution in [1.29, 1.82) is 0 Å². The Bertz CT molecular complexity index is 706. The third-order valence-corrected chi connectivity index (χ3v) is 5.24. The summed E-state index contributed by atoms with van der Waals surface area (Å²) in [6.07, 6.45) is 1.37. The molecule has 2 atom stereocenters. The van der Waals surface area contributed by atoms with E-state index >= 15 is 0 Å². The Morgan fingerprint density at radius 2 is 2.19 bits per heavy atom. The molecule has 2 aliphatic rings. The number of carbonyl (C=O) groups is 1. The summed E-state index contributed by atoms with van der Waals surface area (Å²) in [5.74, 6) is -0.551. The summed E-state index contributed by atoms with van der Waals surface area (Å²) in [6, 6.07) is 2.33. The lowest BCUT2D eigenvalue weighted by Gasteiger charge is -2.40. The third-order valence-electron chi connectivity index (χ3n) is 5.24. The van der Waals surface area contributed by atoms with E-state index in [1.54, 1.807) is 6.92 Å². The highest BCUT2D eigenvalue weighted by molar-refractivity contribution is 5.81. The molecular weight excluding hydrogens is 341 g/mol. The summed E-state index contributed by atoms with van der Waals surface area (Å²) in [7, 11) is 0. The standard InChI is InChI=1S/C18H24FN3O4/c1-12-10-20(5-6-21(12)18(23)17-4-3-7-26-17)11-14-8-15(19)9-16(13(14)2)22(24)25/h8-9,12,17H,3-7,10-11H2,1-2H3. The summed E-state index contributed by atoms with van der Waals surface area (Å²) in [4.78, 5) is 27.0. The van der Waals surface area contributed by atoms with Gasteiger partial charge in [-0.25, -0.2) is 4.39 Å². The normalized spacial score (nSPS) is 24.0. The lowest BCUT2D eigenvalue weighted by molar-refractivity contribution is -0.385. The average Bonchev–Trinajstić information content (AvgIpc) is 3.11. The van der Waals surface area contributed by atoms with E-state index in [4.69, 9.17) is 4.74 Å². The second kappa shape index (κ2) is 7.67. The SMILES string of the molecule is Cc1c(CN2CCN(C(=O)C3CCCO3)C(C)C2)cc(F)cc1[N+](=O)[O-]. The lowest BCUT2D eigenvalue weighted by Crippen LogP contribution is -2.55. The molecule has 1 aromatic carbocycles. The second-order valence-corrected chi connectivity index (χ2v) is 7.08. The van der Waals surface area contributed by atoms with Gasteiger partial charge in [0.2, 0.25) is 0 Å². The predicted octanol–water partition coefficient (Wildman–Crippen LogP) is 2.25. The molecule has 2 saturated heterocycles.